The fourth-order valence-corrected chi connectivity index (χ4v) is 3.14. The van der Waals surface area contributed by atoms with Crippen LogP contribution in [0.15, 0.2) is 85.5 Å². The van der Waals surface area contributed by atoms with E-state index in [-0.39, 0.29) is 36.0 Å². The normalized spacial score (nSPS) is 10.1. The Hall–Kier alpha value is -5.12. The van der Waals surface area contributed by atoms with E-state index in [0.29, 0.717) is 30.8 Å². The highest BCUT2D eigenvalue weighted by molar-refractivity contribution is 5.92. The molecule has 0 heterocycles. The number of esters is 3. The van der Waals surface area contributed by atoms with Gasteiger partial charge in [0.2, 0.25) is 0 Å². The molecule has 0 amide bonds. The van der Waals surface area contributed by atoms with Crippen LogP contribution in [0, 0.1) is 0 Å². The van der Waals surface area contributed by atoms with E-state index in [2.05, 4.69) is 6.58 Å². The molecular weight excluding hydrogens is 520 g/mol. The molecule has 0 aliphatic heterocycles. The summed E-state index contributed by atoms with van der Waals surface area (Å²) in [6.45, 7) is 5.98. The molecule has 40 heavy (non-hydrogen) atoms. The van der Waals surface area contributed by atoms with Gasteiger partial charge in [-0.15, -0.1) is 0 Å². The van der Waals surface area contributed by atoms with Crippen LogP contribution >= 0.6 is 0 Å². The summed E-state index contributed by atoms with van der Waals surface area (Å²) in [5.41, 5.74) is 0.587. The lowest BCUT2D eigenvalue weighted by molar-refractivity contribution is -0.137. The molecule has 0 bridgehead atoms. The van der Waals surface area contributed by atoms with Crippen molar-refractivity contribution < 1.29 is 47.6 Å². The molecule has 0 spiro atoms. The van der Waals surface area contributed by atoms with Gasteiger partial charge >= 0.3 is 24.1 Å². The standard InChI is InChI=1S/C30H28O10/c1-3-27(31)36-19-5-6-20-37-30(34)40-26-13-9-22(10-14-26)29(33)39-25-17-15-24(16-18-25)38-28(32)21-7-11-23(12-8-21)35-4-2/h3,7-18H,1,4-6,19-20H2,2H3. The highest BCUT2D eigenvalue weighted by atomic mass is 16.7. The van der Waals surface area contributed by atoms with Crippen molar-refractivity contribution in [3.63, 3.8) is 0 Å². The molecule has 0 saturated heterocycles. The van der Waals surface area contributed by atoms with Crippen molar-refractivity contribution in [3.8, 4) is 23.0 Å². The summed E-state index contributed by atoms with van der Waals surface area (Å²) < 4.78 is 30.9. The van der Waals surface area contributed by atoms with E-state index in [1.807, 2.05) is 6.92 Å². The van der Waals surface area contributed by atoms with Crippen molar-refractivity contribution in [2.75, 3.05) is 19.8 Å². The second-order valence-corrected chi connectivity index (χ2v) is 8.01. The molecule has 0 aromatic heterocycles. The molecule has 10 heteroatoms. The average molecular weight is 549 g/mol. The van der Waals surface area contributed by atoms with Crippen LogP contribution in [0.4, 0.5) is 4.79 Å². The maximum atomic E-state index is 12.5. The zero-order valence-electron chi connectivity index (χ0n) is 21.8. The van der Waals surface area contributed by atoms with Gasteiger partial charge in [0.15, 0.2) is 0 Å². The summed E-state index contributed by atoms with van der Waals surface area (Å²) >= 11 is 0. The number of hydrogen-bond acceptors (Lipinski definition) is 10. The molecule has 3 rings (SSSR count). The third kappa shape index (κ3) is 9.64. The van der Waals surface area contributed by atoms with Crippen molar-refractivity contribution in [2.45, 2.75) is 19.8 Å². The Kier molecular flexibility index (Phi) is 11.3. The number of rotatable bonds is 13. The Bertz CT molecular complexity index is 1300. The molecule has 0 radical (unpaired) electrons. The number of benzene rings is 3. The molecule has 10 nitrogen and oxygen atoms in total. The minimum atomic E-state index is -0.901. The number of ether oxygens (including phenoxy) is 6. The van der Waals surface area contributed by atoms with Crippen LogP contribution in [0.5, 0.6) is 23.0 Å². The highest BCUT2D eigenvalue weighted by Crippen LogP contribution is 2.21. The van der Waals surface area contributed by atoms with Gasteiger partial charge in [-0.2, -0.15) is 0 Å². The molecule has 3 aromatic carbocycles. The zero-order chi connectivity index (χ0) is 28.7. The van der Waals surface area contributed by atoms with Gasteiger partial charge in [0.05, 0.1) is 30.9 Å². The van der Waals surface area contributed by atoms with Gasteiger partial charge in [0, 0.05) is 6.08 Å². The molecule has 208 valence electrons. The highest BCUT2D eigenvalue weighted by Gasteiger charge is 2.13. The topological polar surface area (TPSA) is 124 Å². The number of carbonyl (C=O) groups is 4. The maximum absolute atomic E-state index is 12.5. The number of unbranched alkanes of at least 4 members (excludes halogenated alkanes) is 1. The largest absolute Gasteiger partial charge is 0.513 e. The van der Waals surface area contributed by atoms with Gasteiger partial charge in [0.25, 0.3) is 0 Å². The Morgan fingerprint density at radius 1 is 0.625 bits per heavy atom. The van der Waals surface area contributed by atoms with Crippen LogP contribution in [0.25, 0.3) is 0 Å². The van der Waals surface area contributed by atoms with Gasteiger partial charge in [-0.25, -0.2) is 19.2 Å². The first-order valence-electron chi connectivity index (χ1n) is 12.4. The summed E-state index contributed by atoms with van der Waals surface area (Å²) in [6, 6.07) is 18.3. The minimum absolute atomic E-state index is 0.0917. The molecule has 3 aromatic rings. The minimum Gasteiger partial charge on any atom is -0.494 e. The lowest BCUT2D eigenvalue weighted by atomic mass is 10.2. The molecule has 0 N–H and O–H groups in total. The van der Waals surface area contributed by atoms with Crippen LogP contribution < -0.4 is 18.9 Å². The molecule has 0 unspecified atom stereocenters. The fraction of sp³-hybridized carbons (Fsp3) is 0.200. The Labute approximate surface area is 231 Å². The third-order valence-electron chi connectivity index (χ3n) is 5.11. The predicted octanol–water partition coefficient (Wildman–Crippen LogP) is 5.55. The van der Waals surface area contributed by atoms with Crippen molar-refractivity contribution in [3.05, 3.63) is 96.6 Å². The van der Waals surface area contributed by atoms with E-state index in [1.165, 1.54) is 48.5 Å². The van der Waals surface area contributed by atoms with Crippen LogP contribution in [0.2, 0.25) is 0 Å². The van der Waals surface area contributed by atoms with E-state index in [1.54, 1.807) is 24.3 Å². The van der Waals surface area contributed by atoms with E-state index >= 15 is 0 Å². The SMILES string of the molecule is C=CC(=O)OCCCCOC(=O)Oc1ccc(C(=O)Oc2ccc(OC(=O)c3ccc(OCC)cc3)cc2)cc1. The first-order chi connectivity index (χ1) is 19.4. The second kappa shape index (κ2) is 15.3. The number of hydrogen-bond donors (Lipinski definition) is 0. The van der Waals surface area contributed by atoms with Crippen molar-refractivity contribution >= 4 is 24.1 Å². The maximum Gasteiger partial charge on any atom is 0.513 e. The summed E-state index contributed by atoms with van der Waals surface area (Å²) in [5, 5.41) is 0. The van der Waals surface area contributed by atoms with Crippen LogP contribution in [0.3, 0.4) is 0 Å². The number of carbonyl (C=O) groups excluding carboxylic acids is 4. The Morgan fingerprint density at radius 2 is 1.05 bits per heavy atom. The first kappa shape index (κ1) is 29.4. The summed E-state index contributed by atoms with van der Waals surface area (Å²) in [5.74, 6) is -0.318. The second-order valence-electron chi connectivity index (χ2n) is 8.01. The average Bonchev–Trinajstić information content (AvgIpc) is 2.96. The van der Waals surface area contributed by atoms with Crippen molar-refractivity contribution in [1.82, 2.24) is 0 Å². The molecule has 0 fully saturated rings. The lowest BCUT2D eigenvalue weighted by Gasteiger charge is -2.08. The molecule has 0 aliphatic carbocycles. The van der Waals surface area contributed by atoms with E-state index in [4.69, 9.17) is 28.4 Å². The van der Waals surface area contributed by atoms with Crippen molar-refractivity contribution in [1.29, 1.82) is 0 Å². The predicted molar refractivity (Wildman–Crippen MR) is 143 cm³/mol. The Morgan fingerprint density at radius 3 is 1.52 bits per heavy atom. The van der Waals surface area contributed by atoms with Crippen LogP contribution in [-0.2, 0) is 14.3 Å². The lowest BCUT2D eigenvalue weighted by Crippen LogP contribution is -2.12. The summed E-state index contributed by atoms with van der Waals surface area (Å²) in [7, 11) is 0. The van der Waals surface area contributed by atoms with Crippen LogP contribution in [0.1, 0.15) is 40.5 Å². The van der Waals surface area contributed by atoms with Gasteiger partial charge < -0.3 is 28.4 Å². The quantitative estimate of drug-likeness (QED) is 0.0883. The zero-order valence-corrected chi connectivity index (χ0v) is 21.8. The molecule has 0 aliphatic rings. The van der Waals surface area contributed by atoms with Gasteiger partial charge in [-0.3, -0.25) is 0 Å². The third-order valence-corrected chi connectivity index (χ3v) is 5.11. The van der Waals surface area contributed by atoms with E-state index in [0.717, 1.165) is 6.08 Å². The van der Waals surface area contributed by atoms with E-state index < -0.39 is 24.1 Å². The van der Waals surface area contributed by atoms with Gasteiger partial charge in [0.1, 0.15) is 23.0 Å². The molecule has 0 atom stereocenters. The molecule has 0 saturated carbocycles. The smallest absolute Gasteiger partial charge is 0.494 e. The van der Waals surface area contributed by atoms with Crippen molar-refractivity contribution in [2.24, 2.45) is 0 Å². The fourth-order valence-electron chi connectivity index (χ4n) is 3.14. The summed E-state index contributed by atoms with van der Waals surface area (Å²) in [4.78, 5) is 47.5. The monoisotopic (exact) mass is 548 g/mol. The molecular formula is C30H28O10. The van der Waals surface area contributed by atoms with Gasteiger partial charge in [-0.05, 0) is 92.6 Å². The summed E-state index contributed by atoms with van der Waals surface area (Å²) in [6.07, 6.45) is 1.17. The first-order valence-corrected chi connectivity index (χ1v) is 12.4. The Balaban J connectivity index is 1.41. The van der Waals surface area contributed by atoms with Crippen LogP contribution in [-0.4, -0.2) is 43.9 Å². The van der Waals surface area contributed by atoms with Gasteiger partial charge in [-0.1, -0.05) is 6.58 Å². The van der Waals surface area contributed by atoms with E-state index in [9.17, 15) is 19.2 Å².